The standard InChI is InChI=1S/C26H29F3N4O3/c27-26(28,29)36-22-6-1-17(2-7-22)3-8-24(34)32-11-9-20-15-33(16-21(20)10-12-32)25(35)18-4-5-19-14-30-31-23(19)13-18/h1-3,6-8,18,20-21H,4-5,9-16H2/b8-3+/t18?,20-,21+. The molecular formula is C26H29F3N4O3. The molecule has 1 aromatic carbocycles. The molecule has 0 aromatic heterocycles. The summed E-state index contributed by atoms with van der Waals surface area (Å²) in [6.45, 7) is 3.45. The zero-order valence-electron chi connectivity index (χ0n) is 19.9. The second kappa shape index (κ2) is 10.1. The molecule has 0 bridgehead atoms. The van der Waals surface area contributed by atoms with E-state index in [-0.39, 0.29) is 23.5 Å². The maximum Gasteiger partial charge on any atom is 0.573 e. The maximum atomic E-state index is 13.2. The lowest BCUT2D eigenvalue weighted by molar-refractivity contribution is -0.274. The molecule has 192 valence electrons. The van der Waals surface area contributed by atoms with Crippen molar-refractivity contribution in [3.8, 4) is 5.75 Å². The Kier molecular flexibility index (Phi) is 6.85. The number of ether oxygens (including phenoxy) is 1. The Morgan fingerprint density at radius 2 is 1.69 bits per heavy atom. The average Bonchev–Trinajstić information content (AvgIpc) is 3.44. The largest absolute Gasteiger partial charge is 0.573 e. The van der Waals surface area contributed by atoms with Crippen molar-refractivity contribution in [2.24, 2.45) is 28.0 Å². The zero-order chi connectivity index (χ0) is 25.3. The number of hydrogen-bond acceptors (Lipinski definition) is 5. The number of nitrogens with zero attached hydrogens (tertiary/aromatic N) is 4. The predicted molar refractivity (Wildman–Crippen MR) is 126 cm³/mol. The van der Waals surface area contributed by atoms with Crippen LogP contribution in [-0.4, -0.2) is 60.7 Å². The van der Waals surface area contributed by atoms with Gasteiger partial charge in [-0.15, -0.1) is 13.2 Å². The molecule has 3 atom stereocenters. The van der Waals surface area contributed by atoms with Crippen LogP contribution in [0.1, 0.15) is 37.7 Å². The van der Waals surface area contributed by atoms with Crippen LogP contribution >= 0.6 is 0 Å². The van der Waals surface area contributed by atoms with Crippen LogP contribution in [0.4, 0.5) is 13.2 Å². The Hall–Kier alpha value is -3.17. The van der Waals surface area contributed by atoms with E-state index in [1.54, 1.807) is 6.08 Å². The van der Waals surface area contributed by atoms with Gasteiger partial charge in [-0.1, -0.05) is 12.1 Å². The Morgan fingerprint density at radius 3 is 2.36 bits per heavy atom. The van der Waals surface area contributed by atoms with Gasteiger partial charge in [0.15, 0.2) is 0 Å². The van der Waals surface area contributed by atoms with Crippen molar-refractivity contribution in [2.75, 3.05) is 32.7 Å². The van der Waals surface area contributed by atoms with Gasteiger partial charge in [0.05, 0.1) is 12.2 Å². The highest BCUT2D eigenvalue weighted by Crippen LogP contribution is 2.37. The summed E-state index contributed by atoms with van der Waals surface area (Å²) in [5.74, 6) is 0.602. The quantitative estimate of drug-likeness (QED) is 0.555. The van der Waals surface area contributed by atoms with Crippen LogP contribution in [-0.2, 0) is 9.59 Å². The van der Waals surface area contributed by atoms with E-state index in [2.05, 4.69) is 15.0 Å². The fourth-order valence-electron chi connectivity index (χ4n) is 5.73. The van der Waals surface area contributed by atoms with Gasteiger partial charge in [0.2, 0.25) is 11.8 Å². The number of alkyl halides is 3. The number of allylic oxidation sites excluding steroid dienone is 1. The van der Waals surface area contributed by atoms with Gasteiger partial charge >= 0.3 is 6.36 Å². The lowest BCUT2D eigenvalue weighted by Crippen LogP contribution is -2.37. The van der Waals surface area contributed by atoms with Gasteiger partial charge in [0.25, 0.3) is 0 Å². The molecule has 0 saturated carbocycles. The normalized spacial score (nSPS) is 26.2. The van der Waals surface area contributed by atoms with E-state index >= 15 is 0 Å². The van der Waals surface area contributed by atoms with Crippen molar-refractivity contribution in [3.05, 3.63) is 47.2 Å². The average molecular weight is 503 g/mol. The number of hydrogen-bond donors (Lipinski definition) is 0. The first-order valence-electron chi connectivity index (χ1n) is 12.4. The Labute approximate surface area is 207 Å². The van der Waals surface area contributed by atoms with E-state index in [9.17, 15) is 22.8 Å². The molecule has 2 saturated heterocycles. The molecule has 36 heavy (non-hydrogen) atoms. The molecule has 1 unspecified atom stereocenters. The summed E-state index contributed by atoms with van der Waals surface area (Å²) in [5.41, 5.74) is 2.92. The minimum atomic E-state index is -4.73. The minimum Gasteiger partial charge on any atom is -0.406 e. The molecule has 4 aliphatic rings. The molecule has 2 amide bonds. The van der Waals surface area contributed by atoms with Crippen molar-refractivity contribution in [1.29, 1.82) is 0 Å². The monoisotopic (exact) mass is 502 g/mol. The summed E-state index contributed by atoms with van der Waals surface area (Å²) in [4.78, 5) is 29.8. The molecule has 0 spiro atoms. The first kappa shape index (κ1) is 24.5. The second-order valence-electron chi connectivity index (χ2n) is 10.0. The minimum absolute atomic E-state index is 0.000412. The highest BCUT2D eigenvalue weighted by Gasteiger charge is 2.40. The van der Waals surface area contributed by atoms with E-state index in [4.69, 9.17) is 0 Å². The van der Waals surface area contributed by atoms with Gasteiger partial charge in [-0.25, -0.2) is 0 Å². The summed E-state index contributed by atoms with van der Waals surface area (Å²) >= 11 is 0. The van der Waals surface area contributed by atoms with Crippen LogP contribution < -0.4 is 4.74 Å². The molecule has 1 aliphatic carbocycles. The van der Waals surface area contributed by atoms with E-state index < -0.39 is 6.36 Å². The summed E-state index contributed by atoms with van der Waals surface area (Å²) in [5, 5.41) is 8.32. The number of benzene rings is 1. The van der Waals surface area contributed by atoms with Gasteiger partial charge in [0, 0.05) is 44.6 Å². The smallest absolute Gasteiger partial charge is 0.406 e. The Morgan fingerprint density at radius 1 is 1.00 bits per heavy atom. The topological polar surface area (TPSA) is 74.6 Å². The third-order valence-electron chi connectivity index (χ3n) is 7.72. The molecular weight excluding hydrogens is 473 g/mol. The fraction of sp³-hybridized carbons (Fsp3) is 0.538. The van der Waals surface area contributed by atoms with Crippen LogP contribution in [0.2, 0.25) is 0 Å². The fourth-order valence-corrected chi connectivity index (χ4v) is 5.73. The highest BCUT2D eigenvalue weighted by atomic mass is 19.4. The number of azo groups is 1. The Bertz CT molecular complexity index is 1080. The molecule has 0 radical (unpaired) electrons. The highest BCUT2D eigenvalue weighted by molar-refractivity contribution is 5.91. The molecule has 5 rings (SSSR count). The molecule has 0 N–H and O–H groups in total. The number of amides is 2. The third-order valence-corrected chi connectivity index (χ3v) is 7.72. The van der Waals surface area contributed by atoms with E-state index in [1.807, 2.05) is 9.80 Å². The first-order valence-corrected chi connectivity index (χ1v) is 12.4. The number of likely N-dealkylation sites (tertiary alicyclic amines) is 2. The van der Waals surface area contributed by atoms with Crippen molar-refractivity contribution < 1.29 is 27.5 Å². The van der Waals surface area contributed by atoms with Gasteiger partial charge in [-0.05, 0) is 66.9 Å². The molecule has 3 heterocycles. The number of carbonyl (C=O) groups excluding carboxylic acids is 2. The third kappa shape index (κ3) is 5.63. The van der Waals surface area contributed by atoms with Crippen LogP contribution in [0.3, 0.4) is 0 Å². The summed E-state index contributed by atoms with van der Waals surface area (Å²) < 4.78 is 40.8. The van der Waals surface area contributed by atoms with Crippen molar-refractivity contribution in [3.63, 3.8) is 0 Å². The number of halogens is 3. The predicted octanol–water partition coefficient (Wildman–Crippen LogP) is 4.82. The molecule has 1 aromatic rings. The van der Waals surface area contributed by atoms with Gasteiger partial charge < -0.3 is 14.5 Å². The molecule has 2 fully saturated rings. The zero-order valence-corrected chi connectivity index (χ0v) is 19.9. The lowest BCUT2D eigenvalue weighted by atomic mass is 9.87. The van der Waals surface area contributed by atoms with E-state index in [1.165, 1.54) is 35.9 Å². The number of fused-ring (bicyclic) bond motifs is 1. The van der Waals surface area contributed by atoms with Crippen LogP contribution in [0.15, 0.2) is 51.8 Å². The second-order valence-corrected chi connectivity index (χ2v) is 10.0. The molecule has 10 heteroatoms. The van der Waals surface area contributed by atoms with Crippen molar-refractivity contribution in [1.82, 2.24) is 9.80 Å². The van der Waals surface area contributed by atoms with Crippen LogP contribution in [0.25, 0.3) is 6.08 Å². The number of rotatable bonds is 4. The number of carbonyl (C=O) groups is 2. The summed E-state index contributed by atoms with van der Waals surface area (Å²) in [7, 11) is 0. The maximum absolute atomic E-state index is 13.2. The summed E-state index contributed by atoms with van der Waals surface area (Å²) in [6, 6.07) is 5.39. The SMILES string of the molecule is O=C(/C=C/c1ccc(OC(F)(F)F)cc1)N1CC[C@@H]2CN(C(=O)C3CCC4=C(C3)N=NC4)C[C@@H]2CC1. The van der Waals surface area contributed by atoms with Gasteiger partial charge in [-0.2, -0.15) is 10.2 Å². The molecule has 3 aliphatic heterocycles. The van der Waals surface area contributed by atoms with E-state index in [0.29, 0.717) is 43.5 Å². The summed E-state index contributed by atoms with van der Waals surface area (Å²) in [6.07, 6.45) is 2.52. The van der Waals surface area contributed by atoms with E-state index in [0.717, 1.165) is 44.5 Å². The first-order chi connectivity index (χ1) is 17.2. The lowest BCUT2D eigenvalue weighted by Gasteiger charge is -2.27. The molecule has 7 nitrogen and oxygen atoms in total. The Balaban J connectivity index is 1.11. The van der Waals surface area contributed by atoms with Crippen LogP contribution in [0, 0.1) is 17.8 Å². The van der Waals surface area contributed by atoms with Gasteiger partial charge in [0.1, 0.15) is 5.75 Å². The van der Waals surface area contributed by atoms with Crippen molar-refractivity contribution >= 4 is 17.9 Å². The van der Waals surface area contributed by atoms with Crippen LogP contribution in [0.5, 0.6) is 5.75 Å². The van der Waals surface area contributed by atoms with Crippen molar-refractivity contribution in [2.45, 2.75) is 38.5 Å². The van der Waals surface area contributed by atoms with Gasteiger partial charge in [-0.3, -0.25) is 9.59 Å².